The van der Waals surface area contributed by atoms with Gasteiger partial charge >= 0.3 is 332 Å². The maximum atomic E-state index is 7.26. The van der Waals surface area contributed by atoms with Crippen molar-refractivity contribution >= 4 is 45.3 Å². The van der Waals surface area contributed by atoms with Crippen LogP contribution >= 0.6 is 0 Å². The first kappa shape index (κ1) is 51.4. The second kappa shape index (κ2) is 20.9. The van der Waals surface area contributed by atoms with Crippen molar-refractivity contribution in [2.75, 3.05) is 9.80 Å². The van der Waals surface area contributed by atoms with Gasteiger partial charge in [-0.25, -0.2) is 0 Å². The van der Waals surface area contributed by atoms with Crippen LogP contribution in [0.25, 0.3) is 66.9 Å². The number of aromatic nitrogens is 3. The zero-order valence-corrected chi connectivity index (χ0v) is 48.4. The first-order valence-electron chi connectivity index (χ1n) is 27.5. The summed E-state index contributed by atoms with van der Waals surface area (Å²) in [7, 11) is 0. The standard InChI is InChI=1S/C74H59N5O.Pt/c1-73(2,3)53-43-44-75-71(47-53)79-67-38-21-18-32-62(67)61-31-16-19-36-65(61)78(55-29-14-9-15-30-55)66-37-20-17-33-63(66)64-42-41-57(49-70(64)79)80-58-46-54(74(4,5)6)45-56(48-58)76-50-77(69-40-23-22-39-68(69)76)72-59(51-25-10-7-11-26-51)34-24-35-60(72)52-27-12-8-13-28-52;/h7-47H,1-6H3;/q-2;. The number of benzene rings is 10. The van der Waals surface area contributed by atoms with Gasteiger partial charge in [-0.2, -0.15) is 0 Å². The van der Waals surface area contributed by atoms with Crippen LogP contribution in [0, 0.1) is 15.9 Å². The van der Waals surface area contributed by atoms with Crippen LogP contribution in [0.2, 0.25) is 0 Å². The molecule has 6 nitrogen and oxygen atoms in total. The summed E-state index contributed by atoms with van der Waals surface area (Å²) < 4.78 is 13.0. The van der Waals surface area contributed by atoms with Crippen LogP contribution in [0.4, 0.5) is 34.3 Å². The second-order valence-electron chi connectivity index (χ2n) is 22.6. The van der Waals surface area contributed by atoms with E-state index in [0.717, 1.165) is 111 Å². The molecule has 13 rings (SSSR count). The molecule has 0 aliphatic carbocycles. The van der Waals surface area contributed by atoms with Crippen molar-refractivity contribution in [3.63, 3.8) is 0 Å². The minimum atomic E-state index is -0.256. The summed E-state index contributed by atoms with van der Waals surface area (Å²) in [6.45, 7) is 13.5. The van der Waals surface area contributed by atoms with Gasteiger partial charge in [0.2, 0.25) is 0 Å². The molecule has 1 aliphatic rings. The van der Waals surface area contributed by atoms with Crippen LogP contribution in [0.15, 0.2) is 249 Å². The Kier molecular flexibility index (Phi) is 13.2. The van der Waals surface area contributed by atoms with Crippen molar-refractivity contribution in [3.05, 3.63) is 276 Å². The normalized spacial score (nSPS) is 12.3. The number of imidazole rings is 1. The van der Waals surface area contributed by atoms with Crippen LogP contribution in [0.5, 0.6) is 11.5 Å². The maximum absolute atomic E-state index is 7.26. The summed E-state index contributed by atoms with van der Waals surface area (Å²) in [5, 5.41) is 0. The SMILES string of the molecule is CC(C)(C)c1cc(Oc2[c-]c3c(cc2)-c2ccccc2N(c2ccccc2)c2ccccc2-c2ccccc2N3c2cc(C(C)(C)C)ccn2)[c-]c(-n2[c](=[Pt])n(-c3c(-c4ccccc4)cccc3-c3ccccc3)c3ccccc32)c1. The molecule has 12 aromatic rings. The number of para-hydroxylation sites is 7. The number of ether oxygens (including phenoxy) is 1. The van der Waals surface area contributed by atoms with Crippen molar-refractivity contribution in [1.82, 2.24) is 14.1 Å². The van der Waals surface area contributed by atoms with Gasteiger partial charge in [-0.3, -0.25) is 0 Å². The molecule has 0 N–H and O–H groups in total. The molecular weight excluding hydrogens is 1170 g/mol. The molecule has 1 aliphatic heterocycles. The third-order valence-electron chi connectivity index (χ3n) is 15.3. The monoisotopic (exact) mass is 1230 g/mol. The van der Waals surface area contributed by atoms with E-state index in [1.807, 2.05) is 6.20 Å². The molecule has 0 spiro atoms. The van der Waals surface area contributed by atoms with E-state index < -0.39 is 0 Å². The number of nitrogens with zero attached hydrogens (tertiary/aromatic N) is 5. The first-order valence-corrected chi connectivity index (χ1v) is 28.7. The van der Waals surface area contributed by atoms with E-state index in [0.29, 0.717) is 11.5 Å². The summed E-state index contributed by atoms with van der Waals surface area (Å²) in [5.41, 5.74) is 19.5. The summed E-state index contributed by atoms with van der Waals surface area (Å²) in [6, 6.07) is 94.2. The third kappa shape index (κ3) is 9.54. The molecule has 10 aromatic carbocycles. The van der Waals surface area contributed by atoms with Crippen molar-refractivity contribution in [3.8, 4) is 67.4 Å². The van der Waals surface area contributed by atoms with Gasteiger partial charge in [0, 0.05) is 17.4 Å². The van der Waals surface area contributed by atoms with Crippen molar-refractivity contribution in [2.24, 2.45) is 0 Å². The molecule has 0 saturated carbocycles. The molecule has 0 unspecified atom stereocenters. The predicted octanol–water partition coefficient (Wildman–Crippen LogP) is 19.8. The molecule has 0 radical (unpaired) electrons. The van der Waals surface area contributed by atoms with Crippen LogP contribution in [-0.2, 0) is 30.2 Å². The van der Waals surface area contributed by atoms with Crippen LogP contribution in [0.3, 0.4) is 0 Å². The zero-order valence-electron chi connectivity index (χ0n) is 46.1. The van der Waals surface area contributed by atoms with Gasteiger partial charge in [0.25, 0.3) is 0 Å². The van der Waals surface area contributed by atoms with Gasteiger partial charge < -0.3 is 4.90 Å². The van der Waals surface area contributed by atoms with E-state index in [1.54, 1.807) is 0 Å². The molecule has 0 saturated heterocycles. The molecule has 0 bridgehead atoms. The van der Waals surface area contributed by atoms with Crippen LogP contribution in [0.1, 0.15) is 52.7 Å². The van der Waals surface area contributed by atoms with Gasteiger partial charge in [-0.05, 0) is 41.3 Å². The van der Waals surface area contributed by atoms with Crippen molar-refractivity contribution in [1.29, 1.82) is 0 Å². The number of fused-ring (bicyclic) bond motifs is 7. The average molecular weight is 1230 g/mol. The Labute approximate surface area is 485 Å². The minimum absolute atomic E-state index is 0.148. The Morgan fingerprint density at radius 2 is 0.901 bits per heavy atom. The predicted molar refractivity (Wildman–Crippen MR) is 330 cm³/mol. The molecule has 0 atom stereocenters. The van der Waals surface area contributed by atoms with E-state index in [1.165, 1.54) is 5.56 Å². The average Bonchev–Trinajstić information content (AvgIpc) is 3.90. The Balaban J connectivity index is 1.03. The fraction of sp³-hybridized carbons (Fsp3) is 0.108. The summed E-state index contributed by atoms with van der Waals surface area (Å²) in [4.78, 5) is 9.88. The van der Waals surface area contributed by atoms with Crippen molar-refractivity contribution in [2.45, 2.75) is 52.4 Å². The number of hydrogen-bond acceptors (Lipinski definition) is 4. The number of anilines is 6. The van der Waals surface area contributed by atoms with E-state index >= 15 is 0 Å². The van der Waals surface area contributed by atoms with E-state index in [2.05, 4.69) is 335 Å². The van der Waals surface area contributed by atoms with Gasteiger partial charge in [-0.15, -0.1) is 0 Å². The van der Waals surface area contributed by atoms with Gasteiger partial charge in [0.05, 0.1) is 5.69 Å². The summed E-state index contributed by atoms with van der Waals surface area (Å²) >= 11 is 2.52. The molecule has 3 heterocycles. The molecule has 0 fully saturated rings. The van der Waals surface area contributed by atoms with Gasteiger partial charge in [0.15, 0.2) is 0 Å². The van der Waals surface area contributed by atoms with E-state index in [4.69, 9.17) is 9.72 Å². The fourth-order valence-corrected chi connectivity index (χ4v) is 12.3. The number of pyridine rings is 1. The summed E-state index contributed by atoms with van der Waals surface area (Å²) in [6.07, 6.45) is 1.93. The molecule has 0 amide bonds. The van der Waals surface area contributed by atoms with Gasteiger partial charge in [-0.1, -0.05) is 87.5 Å². The summed E-state index contributed by atoms with van der Waals surface area (Å²) in [5.74, 6) is 1.89. The Morgan fingerprint density at radius 3 is 1.48 bits per heavy atom. The topological polar surface area (TPSA) is 38.5 Å². The quantitative estimate of drug-likeness (QED) is 0.142. The molecule has 2 aromatic heterocycles. The fourth-order valence-electron chi connectivity index (χ4n) is 11.3. The third-order valence-corrected chi connectivity index (χ3v) is 16.3. The molecular formula is C74H59N5OPt-2. The number of rotatable bonds is 8. The Hall–Kier alpha value is -9.09. The molecule has 81 heavy (non-hydrogen) atoms. The molecule has 398 valence electrons. The van der Waals surface area contributed by atoms with E-state index in [9.17, 15) is 0 Å². The molecule has 7 heteroatoms. The Morgan fingerprint density at radius 1 is 0.407 bits per heavy atom. The number of hydrogen-bond donors (Lipinski definition) is 0. The Bertz CT molecular complexity index is 4320. The van der Waals surface area contributed by atoms with Gasteiger partial charge in [0.1, 0.15) is 0 Å². The second-order valence-corrected chi connectivity index (χ2v) is 23.6. The van der Waals surface area contributed by atoms with Crippen LogP contribution < -0.4 is 14.5 Å². The van der Waals surface area contributed by atoms with Crippen LogP contribution in [-0.4, -0.2) is 14.1 Å². The zero-order chi connectivity index (χ0) is 55.4. The first-order chi connectivity index (χ1) is 39.4. The van der Waals surface area contributed by atoms with E-state index in [-0.39, 0.29) is 10.8 Å². The van der Waals surface area contributed by atoms with Crippen molar-refractivity contribution < 1.29 is 24.1 Å².